The predicted octanol–water partition coefficient (Wildman–Crippen LogP) is 5.13. The van der Waals surface area contributed by atoms with Crippen LogP contribution in [0.15, 0.2) is 60.8 Å². The van der Waals surface area contributed by atoms with Crippen LogP contribution in [-0.4, -0.2) is 40.0 Å². The topological polar surface area (TPSA) is 73.4 Å². The number of rotatable bonds is 10. The maximum atomic E-state index is 12.5. The van der Waals surface area contributed by atoms with Gasteiger partial charge < -0.3 is 15.0 Å². The summed E-state index contributed by atoms with van der Waals surface area (Å²) in [6, 6.07) is 17.7. The summed E-state index contributed by atoms with van der Waals surface area (Å²) < 4.78 is 0. The van der Waals surface area contributed by atoms with Gasteiger partial charge in [-0.15, -0.1) is 0 Å². The van der Waals surface area contributed by atoms with E-state index in [4.69, 9.17) is 0 Å². The second-order valence-corrected chi connectivity index (χ2v) is 6.99. The van der Waals surface area contributed by atoms with Gasteiger partial charge >= 0.3 is 6.09 Å². The third kappa shape index (κ3) is 5.22. The lowest BCUT2D eigenvalue weighted by Gasteiger charge is -2.19. The molecule has 0 atom stereocenters. The summed E-state index contributed by atoms with van der Waals surface area (Å²) in [7, 11) is 0. The average molecular weight is 378 g/mol. The van der Waals surface area contributed by atoms with Crippen molar-refractivity contribution in [3.05, 3.63) is 71.9 Å². The lowest BCUT2D eigenvalue weighted by atomic mass is 10.0. The highest BCUT2D eigenvalue weighted by atomic mass is 16.4. The first kappa shape index (κ1) is 19.7. The number of aromatic nitrogens is 1. The van der Waals surface area contributed by atoms with Gasteiger partial charge in [0, 0.05) is 42.2 Å². The number of carbonyl (C=O) groups is 2. The van der Waals surface area contributed by atoms with Gasteiger partial charge in [0.2, 0.25) is 0 Å². The van der Waals surface area contributed by atoms with Crippen LogP contribution in [0, 0.1) is 0 Å². The number of Topliss-reactive ketones (excluding diaryl/α,β-unsaturated/α-hetero) is 1. The maximum absolute atomic E-state index is 12.5. The number of H-pyrrole nitrogens is 1. The molecule has 2 aromatic carbocycles. The van der Waals surface area contributed by atoms with Crippen molar-refractivity contribution in [2.75, 3.05) is 13.1 Å². The van der Waals surface area contributed by atoms with E-state index >= 15 is 0 Å². The number of nitrogens with one attached hydrogen (secondary N) is 1. The fourth-order valence-electron chi connectivity index (χ4n) is 3.41. The van der Waals surface area contributed by atoms with Gasteiger partial charge in [0.15, 0.2) is 5.78 Å². The minimum Gasteiger partial charge on any atom is -0.465 e. The molecule has 0 fully saturated rings. The summed E-state index contributed by atoms with van der Waals surface area (Å²) in [6.45, 7) is 0.997. The molecule has 0 aliphatic heterocycles. The SMILES string of the molecule is O=C(CCCCCN(CCc1ccccc1)C(=O)O)c1c[nH]c2ccccc12. The number of ketones is 1. The highest BCUT2D eigenvalue weighted by molar-refractivity contribution is 6.07. The van der Waals surface area contributed by atoms with Gasteiger partial charge in [-0.2, -0.15) is 0 Å². The third-order valence-electron chi connectivity index (χ3n) is 5.01. The Morgan fingerprint density at radius 3 is 2.43 bits per heavy atom. The van der Waals surface area contributed by atoms with Crippen LogP contribution in [-0.2, 0) is 6.42 Å². The van der Waals surface area contributed by atoms with E-state index in [1.165, 1.54) is 4.90 Å². The van der Waals surface area contributed by atoms with Crippen LogP contribution < -0.4 is 0 Å². The lowest BCUT2D eigenvalue weighted by molar-refractivity contribution is 0.0979. The largest absolute Gasteiger partial charge is 0.465 e. The number of carboxylic acid groups (broad SMARTS) is 1. The van der Waals surface area contributed by atoms with Crippen LogP contribution >= 0.6 is 0 Å². The van der Waals surface area contributed by atoms with Crippen molar-refractivity contribution in [2.45, 2.75) is 32.1 Å². The predicted molar refractivity (Wildman–Crippen MR) is 111 cm³/mol. The Hall–Kier alpha value is -3.08. The van der Waals surface area contributed by atoms with E-state index in [-0.39, 0.29) is 5.78 Å². The molecule has 0 saturated heterocycles. The van der Waals surface area contributed by atoms with Crippen molar-refractivity contribution < 1.29 is 14.7 Å². The lowest BCUT2D eigenvalue weighted by Crippen LogP contribution is -2.32. The molecule has 1 amide bonds. The number of unbranched alkanes of at least 4 members (excludes halogenated alkanes) is 2. The molecule has 5 nitrogen and oxygen atoms in total. The normalized spacial score (nSPS) is 10.9. The molecule has 0 bridgehead atoms. The smallest absolute Gasteiger partial charge is 0.407 e. The molecule has 0 spiro atoms. The number of fused-ring (bicyclic) bond motifs is 1. The second kappa shape index (κ2) is 9.74. The first-order valence-electron chi connectivity index (χ1n) is 9.76. The summed E-state index contributed by atoms with van der Waals surface area (Å²) in [4.78, 5) is 28.5. The number of nitrogens with zero attached hydrogens (tertiary/aromatic N) is 1. The summed E-state index contributed by atoms with van der Waals surface area (Å²) in [5.74, 6) is 0.136. The summed E-state index contributed by atoms with van der Waals surface area (Å²) in [5.41, 5.74) is 2.85. The van der Waals surface area contributed by atoms with Crippen LogP contribution in [0.5, 0.6) is 0 Å². The van der Waals surface area contributed by atoms with Gasteiger partial charge in [-0.05, 0) is 30.9 Å². The van der Waals surface area contributed by atoms with Crippen LogP contribution in [0.4, 0.5) is 4.79 Å². The molecule has 3 rings (SSSR count). The van der Waals surface area contributed by atoms with Crippen LogP contribution in [0.25, 0.3) is 10.9 Å². The number of para-hydroxylation sites is 1. The molecule has 1 heterocycles. The van der Waals surface area contributed by atoms with Gasteiger partial charge in [-0.3, -0.25) is 4.79 Å². The molecule has 146 valence electrons. The molecule has 0 saturated carbocycles. The van der Waals surface area contributed by atoms with Gasteiger partial charge in [0.05, 0.1) is 0 Å². The van der Waals surface area contributed by atoms with E-state index < -0.39 is 6.09 Å². The number of hydrogen-bond donors (Lipinski definition) is 2. The molecule has 0 unspecified atom stereocenters. The van der Waals surface area contributed by atoms with Crippen molar-refractivity contribution in [3.8, 4) is 0 Å². The van der Waals surface area contributed by atoms with Gasteiger partial charge in [0.1, 0.15) is 0 Å². The molecular formula is C23H26N2O3. The highest BCUT2D eigenvalue weighted by Gasteiger charge is 2.13. The van der Waals surface area contributed by atoms with E-state index in [1.54, 1.807) is 6.20 Å². The zero-order chi connectivity index (χ0) is 19.8. The quantitative estimate of drug-likeness (QED) is 0.379. The van der Waals surface area contributed by atoms with E-state index in [0.29, 0.717) is 25.9 Å². The molecule has 3 aromatic rings. The van der Waals surface area contributed by atoms with E-state index in [2.05, 4.69) is 4.98 Å². The summed E-state index contributed by atoms with van der Waals surface area (Å²) >= 11 is 0. The monoisotopic (exact) mass is 378 g/mol. The summed E-state index contributed by atoms with van der Waals surface area (Å²) in [5, 5.41) is 10.4. The number of aromatic amines is 1. The minimum atomic E-state index is -0.884. The van der Waals surface area contributed by atoms with Gasteiger partial charge in [0.25, 0.3) is 0 Å². The fraction of sp³-hybridized carbons (Fsp3) is 0.304. The number of hydrogen-bond acceptors (Lipinski definition) is 2. The van der Waals surface area contributed by atoms with Gasteiger partial charge in [-0.1, -0.05) is 55.0 Å². The molecule has 0 aliphatic carbocycles. The Balaban J connectivity index is 1.40. The van der Waals surface area contributed by atoms with Crippen molar-refractivity contribution in [2.24, 2.45) is 0 Å². The first-order valence-corrected chi connectivity index (χ1v) is 9.76. The second-order valence-electron chi connectivity index (χ2n) is 6.99. The Morgan fingerprint density at radius 1 is 0.893 bits per heavy atom. The Labute approximate surface area is 165 Å². The first-order chi connectivity index (χ1) is 13.6. The zero-order valence-electron chi connectivity index (χ0n) is 15.9. The molecule has 0 radical (unpaired) electrons. The molecule has 5 heteroatoms. The Bertz CT molecular complexity index is 918. The minimum absolute atomic E-state index is 0.136. The van der Waals surface area contributed by atoms with Crippen LogP contribution in [0.2, 0.25) is 0 Å². The number of amides is 1. The van der Waals surface area contributed by atoms with Crippen LogP contribution in [0.3, 0.4) is 0 Å². The molecule has 0 aliphatic rings. The zero-order valence-corrected chi connectivity index (χ0v) is 15.9. The van der Waals surface area contributed by atoms with Crippen LogP contribution in [0.1, 0.15) is 41.6 Å². The average Bonchev–Trinajstić information content (AvgIpc) is 3.14. The number of carbonyl (C=O) groups excluding carboxylic acids is 1. The standard InChI is InChI=1S/C23H26N2O3/c26-22(20-17-24-21-12-7-6-11-19(20)21)13-5-2-8-15-25(23(27)28)16-14-18-9-3-1-4-10-18/h1,3-4,6-7,9-12,17,24H,2,5,8,13-16H2,(H,27,28). The number of benzene rings is 2. The van der Waals surface area contributed by atoms with E-state index in [9.17, 15) is 14.7 Å². The maximum Gasteiger partial charge on any atom is 0.407 e. The molecular weight excluding hydrogens is 352 g/mol. The van der Waals surface area contributed by atoms with E-state index in [0.717, 1.165) is 41.3 Å². The van der Waals surface area contributed by atoms with Gasteiger partial charge in [-0.25, -0.2) is 4.79 Å². The molecule has 2 N–H and O–H groups in total. The van der Waals surface area contributed by atoms with Crippen molar-refractivity contribution in [1.29, 1.82) is 0 Å². The van der Waals surface area contributed by atoms with Crippen molar-refractivity contribution >= 4 is 22.8 Å². The Morgan fingerprint density at radius 2 is 1.64 bits per heavy atom. The fourth-order valence-corrected chi connectivity index (χ4v) is 3.41. The van der Waals surface area contributed by atoms with Crippen molar-refractivity contribution in [3.63, 3.8) is 0 Å². The molecule has 28 heavy (non-hydrogen) atoms. The summed E-state index contributed by atoms with van der Waals surface area (Å²) in [6.07, 6.45) is 4.47. The van der Waals surface area contributed by atoms with Crippen molar-refractivity contribution in [1.82, 2.24) is 9.88 Å². The molecule has 1 aromatic heterocycles. The van der Waals surface area contributed by atoms with E-state index in [1.807, 2.05) is 54.6 Å². The highest BCUT2D eigenvalue weighted by Crippen LogP contribution is 2.20. The Kier molecular flexibility index (Phi) is 6.84. The third-order valence-corrected chi connectivity index (χ3v) is 5.01.